The molecule has 34 heavy (non-hydrogen) atoms. The lowest BCUT2D eigenvalue weighted by Gasteiger charge is -2.13. The molecule has 182 valence electrons. The smallest absolute Gasteiger partial charge is 0.262 e. The molecule has 7 nitrogen and oxygen atoms in total. The maximum absolute atomic E-state index is 13.0. The molecule has 0 radical (unpaired) electrons. The van der Waals surface area contributed by atoms with Crippen LogP contribution in [0.25, 0.3) is 10.9 Å². The highest BCUT2D eigenvalue weighted by Crippen LogP contribution is 2.28. The number of rotatable bonds is 13. The Morgan fingerprint density at radius 3 is 2.59 bits per heavy atom. The second-order valence-electron chi connectivity index (χ2n) is 7.76. The normalized spacial score (nSPS) is 10.9. The summed E-state index contributed by atoms with van der Waals surface area (Å²) in [6.07, 6.45) is 2.53. The van der Waals surface area contributed by atoms with Crippen LogP contribution in [-0.2, 0) is 17.8 Å². The number of hydrogen-bond acceptors (Lipinski definition) is 6. The van der Waals surface area contributed by atoms with E-state index in [0.717, 1.165) is 29.9 Å². The molecule has 0 aliphatic heterocycles. The molecular formula is C26H33N3O4S. The van der Waals surface area contributed by atoms with E-state index in [0.29, 0.717) is 48.8 Å². The summed E-state index contributed by atoms with van der Waals surface area (Å²) in [5.41, 5.74) is 1.66. The zero-order valence-electron chi connectivity index (χ0n) is 20.1. The van der Waals surface area contributed by atoms with Crippen molar-refractivity contribution in [2.24, 2.45) is 0 Å². The van der Waals surface area contributed by atoms with E-state index in [1.807, 2.05) is 50.2 Å². The SMILES string of the molecule is CCCCn1c(SCC(=O)NCCc2ccc(OCC)c(OCC)c2)nc2ccccc2c1=O. The van der Waals surface area contributed by atoms with E-state index < -0.39 is 0 Å². The van der Waals surface area contributed by atoms with Crippen molar-refractivity contribution in [2.75, 3.05) is 25.5 Å². The van der Waals surface area contributed by atoms with Gasteiger partial charge >= 0.3 is 0 Å². The van der Waals surface area contributed by atoms with Crippen LogP contribution >= 0.6 is 11.8 Å². The van der Waals surface area contributed by atoms with Crippen molar-refractivity contribution >= 4 is 28.6 Å². The quantitative estimate of drug-likeness (QED) is 0.286. The molecule has 0 fully saturated rings. The predicted molar refractivity (Wildman–Crippen MR) is 137 cm³/mol. The average Bonchev–Trinajstić information content (AvgIpc) is 2.84. The molecule has 1 aromatic heterocycles. The second kappa shape index (κ2) is 13.0. The Labute approximate surface area is 204 Å². The molecule has 1 N–H and O–H groups in total. The summed E-state index contributed by atoms with van der Waals surface area (Å²) in [4.78, 5) is 30.1. The van der Waals surface area contributed by atoms with E-state index in [4.69, 9.17) is 9.47 Å². The first-order valence-electron chi connectivity index (χ1n) is 11.8. The molecule has 3 rings (SSSR count). The van der Waals surface area contributed by atoms with Crippen LogP contribution in [0.2, 0.25) is 0 Å². The van der Waals surface area contributed by atoms with Crippen LogP contribution in [0.4, 0.5) is 0 Å². The minimum atomic E-state index is -0.0922. The van der Waals surface area contributed by atoms with Gasteiger partial charge in [0.25, 0.3) is 5.56 Å². The average molecular weight is 484 g/mol. The molecule has 0 aliphatic carbocycles. The van der Waals surface area contributed by atoms with Crippen LogP contribution in [0.5, 0.6) is 11.5 Å². The number of thioether (sulfide) groups is 1. The van der Waals surface area contributed by atoms with Crippen LogP contribution in [0.1, 0.15) is 39.2 Å². The Morgan fingerprint density at radius 2 is 1.82 bits per heavy atom. The van der Waals surface area contributed by atoms with Gasteiger partial charge in [-0.2, -0.15) is 0 Å². The molecule has 0 atom stereocenters. The molecule has 2 aromatic carbocycles. The number of carbonyl (C=O) groups excluding carboxylic acids is 1. The minimum Gasteiger partial charge on any atom is -0.490 e. The molecule has 1 amide bonds. The number of aromatic nitrogens is 2. The van der Waals surface area contributed by atoms with Gasteiger partial charge in [-0.1, -0.05) is 43.3 Å². The molecule has 3 aromatic rings. The Kier molecular flexibility index (Phi) is 9.82. The van der Waals surface area contributed by atoms with E-state index in [-0.39, 0.29) is 17.2 Å². The summed E-state index contributed by atoms with van der Waals surface area (Å²) in [5, 5.41) is 4.15. The highest BCUT2D eigenvalue weighted by Gasteiger charge is 2.13. The van der Waals surface area contributed by atoms with E-state index in [2.05, 4.69) is 17.2 Å². The van der Waals surface area contributed by atoms with Crippen molar-refractivity contribution < 1.29 is 14.3 Å². The minimum absolute atomic E-state index is 0.0532. The first kappa shape index (κ1) is 25.6. The van der Waals surface area contributed by atoms with Gasteiger partial charge in [0.1, 0.15) is 0 Å². The summed E-state index contributed by atoms with van der Waals surface area (Å²) < 4.78 is 13.0. The predicted octanol–water partition coefficient (Wildman–Crippen LogP) is 4.45. The van der Waals surface area contributed by atoms with E-state index >= 15 is 0 Å². The third-order valence-electron chi connectivity index (χ3n) is 5.24. The number of nitrogens with one attached hydrogen (secondary N) is 1. The topological polar surface area (TPSA) is 82.5 Å². The summed E-state index contributed by atoms with van der Waals surface area (Å²) in [6.45, 7) is 8.19. The van der Waals surface area contributed by atoms with Crippen LogP contribution < -0.4 is 20.3 Å². The van der Waals surface area contributed by atoms with Gasteiger partial charge in [0, 0.05) is 13.1 Å². The van der Waals surface area contributed by atoms with Crippen molar-refractivity contribution in [1.29, 1.82) is 0 Å². The molecule has 0 bridgehead atoms. The molecule has 0 aliphatic rings. The largest absolute Gasteiger partial charge is 0.490 e. The van der Waals surface area contributed by atoms with Gasteiger partial charge in [-0.15, -0.1) is 0 Å². The highest BCUT2D eigenvalue weighted by molar-refractivity contribution is 7.99. The van der Waals surface area contributed by atoms with Crippen molar-refractivity contribution in [3.05, 3.63) is 58.4 Å². The Bertz CT molecular complexity index is 1160. The van der Waals surface area contributed by atoms with Crippen LogP contribution in [0, 0.1) is 0 Å². The lowest BCUT2D eigenvalue weighted by Crippen LogP contribution is -2.28. The van der Waals surface area contributed by atoms with E-state index in [9.17, 15) is 9.59 Å². The molecule has 8 heteroatoms. The van der Waals surface area contributed by atoms with E-state index in [1.54, 1.807) is 10.6 Å². The van der Waals surface area contributed by atoms with Crippen LogP contribution in [-0.4, -0.2) is 41.0 Å². The second-order valence-corrected chi connectivity index (χ2v) is 8.70. The summed E-state index contributed by atoms with van der Waals surface area (Å²) in [7, 11) is 0. The summed E-state index contributed by atoms with van der Waals surface area (Å²) >= 11 is 1.30. The van der Waals surface area contributed by atoms with Crippen LogP contribution in [0.3, 0.4) is 0 Å². The number of para-hydroxylation sites is 1. The summed E-state index contributed by atoms with van der Waals surface area (Å²) in [6, 6.07) is 13.2. The first-order chi connectivity index (χ1) is 16.6. The fourth-order valence-electron chi connectivity index (χ4n) is 3.55. The van der Waals surface area contributed by atoms with Gasteiger partial charge in [0.05, 0.1) is 29.9 Å². The molecule has 0 spiro atoms. The summed E-state index contributed by atoms with van der Waals surface area (Å²) in [5.74, 6) is 1.55. The number of nitrogens with zero attached hydrogens (tertiary/aromatic N) is 2. The number of unbranched alkanes of at least 4 members (excludes halogenated alkanes) is 1. The maximum atomic E-state index is 13.0. The van der Waals surface area contributed by atoms with Crippen molar-refractivity contribution in [2.45, 2.75) is 51.7 Å². The number of carbonyl (C=O) groups is 1. The van der Waals surface area contributed by atoms with Gasteiger partial charge in [0.15, 0.2) is 16.7 Å². The third-order valence-corrected chi connectivity index (χ3v) is 6.21. The molecule has 0 saturated heterocycles. The lowest BCUT2D eigenvalue weighted by atomic mass is 10.1. The van der Waals surface area contributed by atoms with Crippen molar-refractivity contribution in [3.8, 4) is 11.5 Å². The number of amides is 1. The molecule has 0 saturated carbocycles. The molecule has 1 heterocycles. The maximum Gasteiger partial charge on any atom is 0.262 e. The van der Waals surface area contributed by atoms with Gasteiger partial charge in [-0.3, -0.25) is 14.2 Å². The first-order valence-corrected chi connectivity index (χ1v) is 12.8. The monoisotopic (exact) mass is 483 g/mol. The standard InChI is InChI=1S/C26H33N3O4S/c1-4-7-16-29-25(31)20-10-8-9-11-21(20)28-26(29)34-18-24(30)27-15-14-19-12-13-22(32-5-2)23(17-19)33-6-3/h8-13,17H,4-7,14-16,18H2,1-3H3,(H,27,30). The number of ether oxygens (including phenoxy) is 2. The van der Waals surface area contributed by atoms with Crippen LogP contribution in [0.15, 0.2) is 52.4 Å². The van der Waals surface area contributed by atoms with Crippen molar-refractivity contribution in [3.63, 3.8) is 0 Å². The zero-order chi connectivity index (χ0) is 24.3. The fourth-order valence-corrected chi connectivity index (χ4v) is 4.40. The van der Waals surface area contributed by atoms with Gasteiger partial charge < -0.3 is 14.8 Å². The number of fused-ring (bicyclic) bond motifs is 1. The van der Waals surface area contributed by atoms with E-state index in [1.165, 1.54) is 11.8 Å². The Morgan fingerprint density at radius 1 is 1.06 bits per heavy atom. The van der Waals surface area contributed by atoms with Gasteiger partial charge in [-0.25, -0.2) is 4.98 Å². The van der Waals surface area contributed by atoms with Gasteiger partial charge in [-0.05, 0) is 56.5 Å². The Hall–Kier alpha value is -3.00. The molecule has 0 unspecified atom stereocenters. The fraction of sp³-hybridized carbons (Fsp3) is 0.423. The molecular weight excluding hydrogens is 450 g/mol. The van der Waals surface area contributed by atoms with Gasteiger partial charge in [0.2, 0.25) is 5.91 Å². The zero-order valence-corrected chi connectivity index (χ0v) is 21.0. The number of hydrogen-bond donors (Lipinski definition) is 1. The Balaban J connectivity index is 1.60. The highest BCUT2D eigenvalue weighted by atomic mass is 32.2. The lowest BCUT2D eigenvalue weighted by molar-refractivity contribution is -0.118. The van der Waals surface area contributed by atoms with Crippen molar-refractivity contribution in [1.82, 2.24) is 14.9 Å². The number of benzene rings is 2. The third kappa shape index (κ3) is 6.76.